The van der Waals surface area contributed by atoms with Crippen LogP contribution in [0.25, 0.3) is 6.08 Å². The minimum Gasteiger partial charge on any atom is -0.493 e. The summed E-state index contributed by atoms with van der Waals surface area (Å²) in [5.74, 6) is 1.24. The Labute approximate surface area is 158 Å². The molecule has 2 rings (SSSR count). The van der Waals surface area contributed by atoms with E-state index in [2.05, 4.69) is 0 Å². The zero-order valence-corrected chi connectivity index (χ0v) is 15.7. The number of rotatable bonds is 8. The van der Waals surface area contributed by atoms with Crippen LogP contribution in [0.5, 0.6) is 17.2 Å². The Morgan fingerprint density at radius 3 is 2.54 bits per heavy atom. The summed E-state index contributed by atoms with van der Waals surface area (Å²) in [5, 5.41) is 0.395. The summed E-state index contributed by atoms with van der Waals surface area (Å²) >= 11 is 6.13. The van der Waals surface area contributed by atoms with Crippen LogP contribution in [0.4, 0.5) is 0 Å². The van der Waals surface area contributed by atoms with Crippen molar-refractivity contribution < 1.29 is 23.7 Å². The highest BCUT2D eigenvalue weighted by atomic mass is 35.5. The van der Waals surface area contributed by atoms with Gasteiger partial charge >= 0.3 is 5.97 Å². The number of hydrogen-bond acceptors (Lipinski definition) is 5. The fraction of sp³-hybridized carbons (Fsp3) is 0.250. The number of carbonyl (C=O) groups is 1. The van der Waals surface area contributed by atoms with Gasteiger partial charge in [0.2, 0.25) is 0 Å². The van der Waals surface area contributed by atoms with Crippen molar-refractivity contribution in [2.24, 2.45) is 0 Å². The normalized spacial score (nSPS) is 10.6. The first kappa shape index (κ1) is 19.7. The van der Waals surface area contributed by atoms with Crippen LogP contribution in [0.1, 0.15) is 11.1 Å². The predicted octanol–water partition coefficient (Wildman–Crippen LogP) is 4.30. The highest BCUT2D eigenvalue weighted by Crippen LogP contribution is 2.36. The number of para-hydroxylation sites is 1. The van der Waals surface area contributed by atoms with Crippen molar-refractivity contribution in [2.75, 3.05) is 27.4 Å². The lowest BCUT2D eigenvalue weighted by Gasteiger charge is -2.10. The Morgan fingerprint density at radius 2 is 1.85 bits per heavy atom. The minimum atomic E-state index is -0.468. The molecular formula is C20H21ClO5. The van der Waals surface area contributed by atoms with Gasteiger partial charge in [0, 0.05) is 6.08 Å². The van der Waals surface area contributed by atoms with E-state index in [0.29, 0.717) is 22.1 Å². The lowest BCUT2D eigenvalue weighted by Crippen LogP contribution is -2.10. The molecule has 0 unspecified atom stereocenters. The molecule has 0 N–H and O–H groups in total. The number of benzene rings is 2. The summed E-state index contributed by atoms with van der Waals surface area (Å²) < 4.78 is 21.1. The predicted molar refractivity (Wildman–Crippen MR) is 101 cm³/mol. The Bertz CT molecular complexity index is 786. The van der Waals surface area contributed by atoms with Crippen LogP contribution in [-0.2, 0) is 9.53 Å². The summed E-state index contributed by atoms with van der Waals surface area (Å²) in [5.41, 5.74) is 1.73. The summed E-state index contributed by atoms with van der Waals surface area (Å²) in [7, 11) is 3.03. The van der Waals surface area contributed by atoms with Gasteiger partial charge in [-0.3, -0.25) is 0 Å². The molecule has 0 atom stereocenters. The van der Waals surface area contributed by atoms with Crippen molar-refractivity contribution in [2.45, 2.75) is 6.92 Å². The molecule has 0 aliphatic carbocycles. The van der Waals surface area contributed by atoms with E-state index in [1.54, 1.807) is 18.2 Å². The minimum absolute atomic E-state index is 0.157. The molecule has 0 heterocycles. The first-order chi connectivity index (χ1) is 12.5. The molecule has 2 aromatic carbocycles. The molecule has 0 saturated carbocycles. The number of carbonyl (C=O) groups excluding carboxylic acids is 1. The molecule has 0 aromatic heterocycles. The number of aryl methyl sites for hydroxylation is 1. The van der Waals surface area contributed by atoms with Gasteiger partial charge in [0.05, 0.1) is 19.2 Å². The lowest BCUT2D eigenvalue weighted by molar-refractivity contribution is -0.138. The summed E-state index contributed by atoms with van der Waals surface area (Å²) in [4.78, 5) is 11.8. The van der Waals surface area contributed by atoms with Gasteiger partial charge < -0.3 is 18.9 Å². The highest BCUT2D eigenvalue weighted by molar-refractivity contribution is 6.32. The Hall–Kier alpha value is -2.66. The maximum absolute atomic E-state index is 11.8. The Kier molecular flexibility index (Phi) is 7.36. The van der Waals surface area contributed by atoms with Gasteiger partial charge in [-0.15, -0.1) is 0 Å². The van der Waals surface area contributed by atoms with E-state index in [0.717, 1.165) is 11.3 Å². The number of methoxy groups -OCH3 is 2. The molecule has 0 fully saturated rings. The molecule has 0 aliphatic heterocycles. The third-order valence-electron chi connectivity index (χ3n) is 3.55. The van der Waals surface area contributed by atoms with E-state index in [1.165, 1.54) is 20.3 Å². The molecule has 138 valence electrons. The second kappa shape index (κ2) is 9.73. The van der Waals surface area contributed by atoms with Gasteiger partial charge in [-0.1, -0.05) is 29.8 Å². The maximum Gasteiger partial charge on any atom is 0.330 e. The number of esters is 1. The molecule has 0 saturated heterocycles. The number of ether oxygens (including phenoxy) is 4. The second-order valence-electron chi connectivity index (χ2n) is 5.35. The monoisotopic (exact) mass is 376 g/mol. The average Bonchev–Trinajstić information content (AvgIpc) is 2.64. The Balaban J connectivity index is 1.86. The van der Waals surface area contributed by atoms with Crippen LogP contribution >= 0.6 is 11.6 Å². The fourth-order valence-electron chi connectivity index (χ4n) is 2.26. The van der Waals surface area contributed by atoms with E-state index in [9.17, 15) is 4.79 Å². The van der Waals surface area contributed by atoms with Gasteiger partial charge in [-0.05, 0) is 42.3 Å². The van der Waals surface area contributed by atoms with Crippen molar-refractivity contribution in [3.63, 3.8) is 0 Å². The Morgan fingerprint density at radius 1 is 1.08 bits per heavy atom. The van der Waals surface area contributed by atoms with Gasteiger partial charge in [0.15, 0.2) is 11.5 Å². The van der Waals surface area contributed by atoms with E-state index >= 15 is 0 Å². The van der Waals surface area contributed by atoms with Crippen LogP contribution < -0.4 is 14.2 Å². The first-order valence-electron chi connectivity index (χ1n) is 8.00. The average molecular weight is 377 g/mol. The quantitative estimate of drug-likeness (QED) is 0.390. The van der Waals surface area contributed by atoms with Crippen molar-refractivity contribution in [3.05, 3.63) is 58.6 Å². The van der Waals surface area contributed by atoms with E-state index in [-0.39, 0.29) is 13.2 Å². The summed E-state index contributed by atoms with van der Waals surface area (Å²) in [6.45, 7) is 2.40. The third kappa shape index (κ3) is 5.43. The van der Waals surface area contributed by atoms with Crippen LogP contribution in [0.3, 0.4) is 0 Å². The summed E-state index contributed by atoms with van der Waals surface area (Å²) in [6, 6.07) is 11.1. The molecule has 0 amide bonds. The number of hydrogen-bond donors (Lipinski definition) is 0. The molecule has 6 heteroatoms. The zero-order chi connectivity index (χ0) is 18.9. The molecule has 5 nitrogen and oxygen atoms in total. The van der Waals surface area contributed by atoms with Crippen molar-refractivity contribution in [3.8, 4) is 17.2 Å². The van der Waals surface area contributed by atoms with Crippen molar-refractivity contribution in [1.82, 2.24) is 0 Å². The van der Waals surface area contributed by atoms with Crippen molar-refractivity contribution in [1.29, 1.82) is 0 Å². The lowest BCUT2D eigenvalue weighted by atomic mass is 10.2. The topological polar surface area (TPSA) is 54.0 Å². The standard InChI is InChI=1S/C20H21ClO5/c1-14-6-4-5-7-17(14)25-10-11-26-19(22)9-8-15-12-16(21)20(24-3)18(13-15)23-2/h4-9,12-13H,10-11H2,1-3H3. The number of halogens is 1. The molecule has 0 radical (unpaired) electrons. The van der Waals surface area contributed by atoms with Crippen LogP contribution in [0.15, 0.2) is 42.5 Å². The van der Waals surface area contributed by atoms with Gasteiger partial charge in [0.25, 0.3) is 0 Å². The van der Waals surface area contributed by atoms with Gasteiger partial charge in [-0.2, -0.15) is 0 Å². The molecule has 0 spiro atoms. The van der Waals surface area contributed by atoms with E-state index in [1.807, 2.05) is 31.2 Å². The highest BCUT2D eigenvalue weighted by Gasteiger charge is 2.10. The largest absolute Gasteiger partial charge is 0.493 e. The smallest absolute Gasteiger partial charge is 0.330 e. The van der Waals surface area contributed by atoms with E-state index in [4.69, 9.17) is 30.5 Å². The molecule has 26 heavy (non-hydrogen) atoms. The van der Waals surface area contributed by atoms with Crippen LogP contribution in [-0.4, -0.2) is 33.4 Å². The zero-order valence-electron chi connectivity index (χ0n) is 15.0. The molecule has 2 aromatic rings. The van der Waals surface area contributed by atoms with Crippen LogP contribution in [0, 0.1) is 6.92 Å². The second-order valence-corrected chi connectivity index (χ2v) is 5.76. The maximum atomic E-state index is 11.8. The molecule has 0 aliphatic rings. The van der Waals surface area contributed by atoms with Gasteiger partial charge in [0.1, 0.15) is 19.0 Å². The SMILES string of the molecule is COc1cc(C=CC(=O)OCCOc2ccccc2C)cc(Cl)c1OC. The first-order valence-corrected chi connectivity index (χ1v) is 8.37. The van der Waals surface area contributed by atoms with Crippen molar-refractivity contribution >= 4 is 23.6 Å². The third-order valence-corrected chi connectivity index (χ3v) is 3.83. The van der Waals surface area contributed by atoms with Crippen LogP contribution in [0.2, 0.25) is 5.02 Å². The van der Waals surface area contributed by atoms with E-state index < -0.39 is 5.97 Å². The summed E-state index contributed by atoms with van der Waals surface area (Å²) in [6.07, 6.45) is 2.92. The molecular weight excluding hydrogens is 356 g/mol. The van der Waals surface area contributed by atoms with Gasteiger partial charge in [-0.25, -0.2) is 4.79 Å². The molecule has 0 bridgehead atoms. The fourth-order valence-corrected chi connectivity index (χ4v) is 2.56.